The molecule has 0 atom stereocenters. The molecule has 89 valence electrons. The van der Waals surface area contributed by atoms with Crippen LogP contribution in [0.1, 0.15) is 12.0 Å². The Bertz CT molecular complexity index is 323. The minimum absolute atomic E-state index is 0.194. The first kappa shape index (κ1) is 12.8. The Balaban J connectivity index is 2.57. The highest BCUT2D eigenvalue weighted by atomic mass is 19.4. The quantitative estimate of drug-likeness (QED) is 0.726. The maximum atomic E-state index is 11.9. The van der Waals surface area contributed by atoms with Crippen molar-refractivity contribution in [2.75, 3.05) is 6.61 Å². The molecule has 0 saturated heterocycles. The number of benzene rings is 1. The van der Waals surface area contributed by atoms with Crippen molar-refractivity contribution in [3.8, 4) is 5.75 Å². The smallest absolute Gasteiger partial charge is 0.406 e. The minimum atomic E-state index is -4.64. The molecule has 0 heterocycles. The molecule has 16 heavy (non-hydrogen) atoms. The standard InChI is InChI=1S/C11H12F3O2/c1-15-7-3-5-9-4-2-6-10(8-9)16-11(12,13)14/h2,4,6,8H,1,3,5,7H2. The summed E-state index contributed by atoms with van der Waals surface area (Å²) in [5.74, 6) is -0.194. The van der Waals surface area contributed by atoms with Crippen molar-refractivity contribution >= 4 is 0 Å². The molecule has 0 aromatic heterocycles. The van der Waals surface area contributed by atoms with Gasteiger partial charge in [-0.1, -0.05) is 12.1 Å². The first-order chi connectivity index (χ1) is 7.51. The fourth-order valence-corrected chi connectivity index (χ4v) is 1.28. The highest BCUT2D eigenvalue weighted by Crippen LogP contribution is 2.23. The van der Waals surface area contributed by atoms with Gasteiger partial charge in [-0.3, -0.25) is 0 Å². The van der Waals surface area contributed by atoms with Crippen LogP contribution >= 0.6 is 0 Å². The molecule has 0 fully saturated rings. The molecular formula is C11H12F3O2. The van der Waals surface area contributed by atoms with Crippen molar-refractivity contribution in [1.82, 2.24) is 0 Å². The van der Waals surface area contributed by atoms with E-state index in [1.54, 1.807) is 6.07 Å². The van der Waals surface area contributed by atoms with E-state index in [9.17, 15) is 13.2 Å². The molecule has 0 aliphatic heterocycles. The predicted molar refractivity (Wildman–Crippen MR) is 52.8 cm³/mol. The minimum Gasteiger partial charge on any atom is -0.406 e. The Morgan fingerprint density at radius 3 is 2.62 bits per heavy atom. The zero-order valence-corrected chi connectivity index (χ0v) is 8.59. The van der Waals surface area contributed by atoms with Crippen molar-refractivity contribution in [1.29, 1.82) is 0 Å². The Kier molecular flexibility index (Phi) is 4.61. The van der Waals surface area contributed by atoms with Gasteiger partial charge in [0.25, 0.3) is 0 Å². The number of rotatable bonds is 5. The first-order valence-corrected chi connectivity index (χ1v) is 4.73. The fraction of sp³-hybridized carbons (Fsp3) is 0.364. The number of ether oxygens (including phenoxy) is 2. The Morgan fingerprint density at radius 1 is 1.25 bits per heavy atom. The fourth-order valence-electron chi connectivity index (χ4n) is 1.28. The molecule has 0 aliphatic carbocycles. The van der Waals surface area contributed by atoms with E-state index in [2.05, 4.69) is 16.6 Å². The van der Waals surface area contributed by atoms with E-state index in [0.717, 1.165) is 5.56 Å². The van der Waals surface area contributed by atoms with Gasteiger partial charge in [0.1, 0.15) is 5.75 Å². The number of hydrogen-bond acceptors (Lipinski definition) is 2. The molecule has 0 saturated carbocycles. The maximum absolute atomic E-state index is 11.9. The maximum Gasteiger partial charge on any atom is 0.573 e. The van der Waals surface area contributed by atoms with E-state index >= 15 is 0 Å². The van der Waals surface area contributed by atoms with Gasteiger partial charge >= 0.3 is 6.36 Å². The predicted octanol–water partition coefficient (Wildman–Crippen LogP) is 3.33. The zero-order chi connectivity index (χ0) is 12.0. The van der Waals surface area contributed by atoms with Crippen molar-refractivity contribution in [3.63, 3.8) is 0 Å². The summed E-state index contributed by atoms with van der Waals surface area (Å²) in [6, 6.07) is 5.92. The average molecular weight is 233 g/mol. The van der Waals surface area contributed by atoms with E-state index in [0.29, 0.717) is 19.4 Å². The van der Waals surface area contributed by atoms with Crippen LogP contribution in [0.5, 0.6) is 5.75 Å². The van der Waals surface area contributed by atoms with Gasteiger partial charge in [-0.15, -0.1) is 13.2 Å². The molecule has 5 heteroatoms. The van der Waals surface area contributed by atoms with Crippen molar-refractivity contribution in [2.24, 2.45) is 0 Å². The van der Waals surface area contributed by atoms with Crippen LogP contribution in [0.25, 0.3) is 0 Å². The third-order valence-electron chi connectivity index (χ3n) is 1.89. The van der Waals surface area contributed by atoms with Crippen molar-refractivity contribution < 1.29 is 22.6 Å². The summed E-state index contributed by atoms with van der Waals surface area (Å²) in [7, 11) is 3.21. The Labute approximate surface area is 92.0 Å². The number of halogens is 3. The van der Waals surface area contributed by atoms with Crippen molar-refractivity contribution in [3.05, 3.63) is 36.9 Å². The molecule has 1 aromatic carbocycles. The molecule has 0 N–H and O–H groups in total. The third-order valence-corrected chi connectivity index (χ3v) is 1.89. The summed E-state index contributed by atoms with van der Waals surface area (Å²) in [4.78, 5) is 0. The Hall–Kier alpha value is -1.23. The van der Waals surface area contributed by atoms with Gasteiger partial charge in [0.15, 0.2) is 0 Å². The molecular weight excluding hydrogens is 221 g/mol. The van der Waals surface area contributed by atoms with Gasteiger partial charge < -0.3 is 9.47 Å². The lowest BCUT2D eigenvalue weighted by molar-refractivity contribution is -0.274. The molecule has 1 aromatic rings. The van der Waals surface area contributed by atoms with Gasteiger partial charge in [0, 0.05) is 6.61 Å². The highest BCUT2D eigenvalue weighted by molar-refractivity contribution is 5.28. The van der Waals surface area contributed by atoms with Gasteiger partial charge in [-0.05, 0) is 30.5 Å². The number of aryl methyl sites for hydroxylation is 1. The normalized spacial score (nSPS) is 11.5. The van der Waals surface area contributed by atoms with Crippen LogP contribution < -0.4 is 4.74 Å². The van der Waals surface area contributed by atoms with Crippen LogP contribution in [-0.4, -0.2) is 13.0 Å². The SMILES string of the molecule is [CH2]OCCCc1cccc(OC(F)(F)F)c1. The molecule has 1 rings (SSSR count). The summed E-state index contributed by atoms with van der Waals surface area (Å²) in [6.07, 6.45) is -3.31. The lowest BCUT2D eigenvalue weighted by Crippen LogP contribution is -2.17. The van der Waals surface area contributed by atoms with E-state index < -0.39 is 6.36 Å². The van der Waals surface area contributed by atoms with E-state index in [4.69, 9.17) is 0 Å². The molecule has 2 nitrogen and oxygen atoms in total. The third kappa shape index (κ3) is 5.02. The number of alkyl halides is 3. The van der Waals surface area contributed by atoms with E-state index in [1.807, 2.05) is 0 Å². The van der Waals surface area contributed by atoms with Gasteiger partial charge in [-0.25, -0.2) is 0 Å². The van der Waals surface area contributed by atoms with Gasteiger partial charge in [0.2, 0.25) is 0 Å². The second-order valence-corrected chi connectivity index (χ2v) is 3.21. The van der Waals surface area contributed by atoms with Crippen LogP contribution in [0.15, 0.2) is 24.3 Å². The lowest BCUT2D eigenvalue weighted by atomic mass is 10.1. The van der Waals surface area contributed by atoms with Crippen LogP contribution in [0.4, 0.5) is 13.2 Å². The second kappa shape index (κ2) is 5.75. The molecule has 1 radical (unpaired) electrons. The summed E-state index contributed by atoms with van der Waals surface area (Å²) in [5.41, 5.74) is 0.777. The van der Waals surface area contributed by atoms with Crippen LogP contribution in [0.2, 0.25) is 0 Å². The topological polar surface area (TPSA) is 18.5 Å². The Morgan fingerprint density at radius 2 is 2.00 bits per heavy atom. The van der Waals surface area contributed by atoms with Crippen LogP contribution in [-0.2, 0) is 11.2 Å². The molecule has 0 amide bonds. The zero-order valence-electron chi connectivity index (χ0n) is 8.59. The largest absolute Gasteiger partial charge is 0.573 e. The second-order valence-electron chi connectivity index (χ2n) is 3.21. The average Bonchev–Trinajstić information content (AvgIpc) is 2.16. The van der Waals surface area contributed by atoms with Crippen molar-refractivity contribution in [2.45, 2.75) is 19.2 Å². The van der Waals surface area contributed by atoms with Crippen LogP contribution in [0.3, 0.4) is 0 Å². The molecule has 0 unspecified atom stereocenters. The summed E-state index contributed by atoms with van der Waals surface area (Å²) in [5, 5.41) is 0. The van der Waals surface area contributed by atoms with E-state index in [1.165, 1.54) is 18.2 Å². The first-order valence-electron chi connectivity index (χ1n) is 4.73. The van der Waals surface area contributed by atoms with Gasteiger partial charge in [0.05, 0.1) is 7.11 Å². The summed E-state index contributed by atoms with van der Waals surface area (Å²) >= 11 is 0. The monoisotopic (exact) mass is 233 g/mol. The van der Waals surface area contributed by atoms with E-state index in [-0.39, 0.29) is 5.75 Å². The molecule has 0 aliphatic rings. The molecule has 0 bridgehead atoms. The highest BCUT2D eigenvalue weighted by Gasteiger charge is 2.30. The van der Waals surface area contributed by atoms with Crippen LogP contribution in [0, 0.1) is 7.11 Å². The van der Waals surface area contributed by atoms with Gasteiger partial charge in [-0.2, -0.15) is 0 Å². The lowest BCUT2D eigenvalue weighted by Gasteiger charge is -2.09. The summed E-state index contributed by atoms with van der Waals surface area (Å²) < 4.78 is 44.2. The summed E-state index contributed by atoms with van der Waals surface area (Å²) in [6.45, 7) is 0.477. The number of hydrogen-bond donors (Lipinski definition) is 0. The molecule has 0 spiro atoms.